The van der Waals surface area contributed by atoms with E-state index < -0.39 is 16.0 Å². The van der Waals surface area contributed by atoms with Gasteiger partial charge in [0.2, 0.25) is 15.9 Å². The first-order valence-corrected chi connectivity index (χ1v) is 10.5. The van der Waals surface area contributed by atoms with Crippen LogP contribution in [0.1, 0.15) is 36.5 Å². The number of rotatable bonds is 9. The van der Waals surface area contributed by atoms with Gasteiger partial charge in [-0.15, -0.1) is 0 Å². The molecule has 1 saturated heterocycles. The maximum Gasteiger partial charge on any atom is 0.337 e. The minimum absolute atomic E-state index is 0.0746. The molecule has 1 aliphatic heterocycles. The standard InChI is InChI=1S/C18H26N2O6S/c1-2-26-13-5-10-19-17(21)14-8-11-20(12-9-14)27(24,25)16-7-4-3-6-15(16)18(22)23/h3-4,6-7,14H,2,5,8-13H2,1H3,(H,19,21)(H,22,23). The molecule has 0 aliphatic carbocycles. The van der Waals surface area contributed by atoms with E-state index in [9.17, 15) is 23.1 Å². The highest BCUT2D eigenvalue weighted by molar-refractivity contribution is 7.89. The van der Waals surface area contributed by atoms with Crippen molar-refractivity contribution in [3.63, 3.8) is 0 Å². The summed E-state index contributed by atoms with van der Waals surface area (Å²) in [5.41, 5.74) is -0.244. The number of nitrogens with zero attached hydrogens (tertiary/aromatic N) is 1. The van der Waals surface area contributed by atoms with Crippen LogP contribution in [0, 0.1) is 5.92 Å². The zero-order valence-electron chi connectivity index (χ0n) is 15.4. The van der Waals surface area contributed by atoms with E-state index in [4.69, 9.17) is 4.74 Å². The van der Waals surface area contributed by atoms with Crippen LogP contribution in [-0.4, -0.2) is 62.6 Å². The summed E-state index contributed by atoms with van der Waals surface area (Å²) in [5, 5.41) is 12.1. The number of ether oxygens (including phenoxy) is 1. The second-order valence-electron chi connectivity index (χ2n) is 6.32. The molecule has 150 valence electrons. The number of piperidine rings is 1. The molecule has 1 aliphatic rings. The SMILES string of the molecule is CCOCCCNC(=O)C1CCN(S(=O)(=O)c2ccccc2C(=O)O)CC1. The Labute approximate surface area is 159 Å². The Bertz CT molecular complexity index is 757. The van der Waals surface area contributed by atoms with Crippen molar-refractivity contribution in [2.75, 3.05) is 32.8 Å². The first-order valence-electron chi connectivity index (χ1n) is 9.05. The monoisotopic (exact) mass is 398 g/mol. The van der Waals surface area contributed by atoms with E-state index in [0.29, 0.717) is 32.6 Å². The first-order chi connectivity index (χ1) is 12.9. The molecule has 0 spiro atoms. The van der Waals surface area contributed by atoms with E-state index in [2.05, 4.69) is 5.32 Å². The number of amides is 1. The molecule has 0 atom stereocenters. The van der Waals surface area contributed by atoms with Gasteiger partial charge in [0, 0.05) is 38.8 Å². The van der Waals surface area contributed by atoms with Gasteiger partial charge in [0.25, 0.3) is 0 Å². The van der Waals surface area contributed by atoms with Gasteiger partial charge in [0.15, 0.2) is 0 Å². The molecule has 8 nitrogen and oxygen atoms in total. The zero-order valence-corrected chi connectivity index (χ0v) is 16.2. The van der Waals surface area contributed by atoms with Crippen LogP contribution in [0.5, 0.6) is 0 Å². The number of carboxylic acids is 1. The Balaban J connectivity index is 1.93. The summed E-state index contributed by atoms with van der Waals surface area (Å²) in [6, 6.07) is 5.57. The molecule has 0 saturated carbocycles. The summed E-state index contributed by atoms with van der Waals surface area (Å²) >= 11 is 0. The maximum atomic E-state index is 12.8. The quantitative estimate of drug-likeness (QED) is 0.607. The molecule has 27 heavy (non-hydrogen) atoms. The van der Waals surface area contributed by atoms with Gasteiger partial charge in [-0.25, -0.2) is 13.2 Å². The second-order valence-corrected chi connectivity index (χ2v) is 8.23. The van der Waals surface area contributed by atoms with Crippen LogP contribution in [0.15, 0.2) is 29.2 Å². The molecular weight excluding hydrogens is 372 g/mol. The molecule has 1 heterocycles. The fraction of sp³-hybridized carbons (Fsp3) is 0.556. The van der Waals surface area contributed by atoms with Crippen molar-refractivity contribution in [3.05, 3.63) is 29.8 Å². The molecule has 0 bridgehead atoms. The number of hydrogen-bond donors (Lipinski definition) is 2. The Morgan fingerprint density at radius 1 is 1.26 bits per heavy atom. The third-order valence-corrected chi connectivity index (χ3v) is 6.49. The number of sulfonamides is 1. The minimum atomic E-state index is -3.91. The van der Waals surface area contributed by atoms with Crippen molar-refractivity contribution in [1.29, 1.82) is 0 Å². The van der Waals surface area contributed by atoms with Crippen LogP contribution < -0.4 is 5.32 Å². The molecule has 9 heteroatoms. The number of carbonyl (C=O) groups is 2. The molecule has 2 rings (SSSR count). The first kappa shape index (κ1) is 21.3. The smallest absolute Gasteiger partial charge is 0.337 e. The molecule has 1 amide bonds. The van der Waals surface area contributed by atoms with Gasteiger partial charge < -0.3 is 15.2 Å². The second kappa shape index (κ2) is 9.82. The predicted octanol–water partition coefficient (Wildman–Crippen LogP) is 1.33. The van der Waals surface area contributed by atoms with Crippen LogP contribution >= 0.6 is 0 Å². The Hall–Kier alpha value is -1.97. The van der Waals surface area contributed by atoms with Crippen LogP contribution in [0.2, 0.25) is 0 Å². The van der Waals surface area contributed by atoms with E-state index in [1.807, 2.05) is 6.92 Å². The molecule has 2 N–H and O–H groups in total. The largest absolute Gasteiger partial charge is 0.478 e. The van der Waals surface area contributed by atoms with E-state index in [1.54, 1.807) is 0 Å². The third-order valence-electron chi connectivity index (χ3n) is 4.53. The lowest BCUT2D eigenvalue weighted by molar-refractivity contribution is -0.126. The highest BCUT2D eigenvalue weighted by Crippen LogP contribution is 2.26. The number of benzene rings is 1. The Morgan fingerprint density at radius 3 is 2.56 bits per heavy atom. The van der Waals surface area contributed by atoms with Crippen molar-refractivity contribution >= 4 is 21.9 Å². The van der Waals surface area contributed by atoms with Gasteiger partial charge in [-0.05, 0) is 38.3 Å². The summed E-state index contributed by atoms with van der Waals surface area (Å²) < 4.78 is 32.1. The normalized spacial score (nSPS) is 16.2. The Kier molecular flexibility index (Phi) is 7.76. The van der Waals surface area contributed by atoms with Crippen molar-refractivity contribution in [3.8, 4) is 0 Å². The molecule has 1 aromatic carbocycles. The van der Waals surface area contributed by atoms with E-state index in [-0.39, 0.29) is 35.4 Å². The van der Waals surface area contributed by atoms with Crippen molar-refractivity contribution in [2.24, 2.45) is 5.92 Å². The lowest BCUT2D eigenvalue weighted by Gasteiger charge is -2.30. The van der Waals surface area contributed by atoms with Gasteiger partial charge in [0.1, 0.15) is 0 Å². The van der Waals surface area contributed by atoms with Crippen LogP contribution in [-0.2, 0) is 19.6 Å². The van der Waals surface area contributed by atoms with E-state index >= 15 is 0 Å². The number of carboxylic acid groups (broad SMARTS) is 1. The van der Waals surface area contributed by atoms with Crippen LogP contribution in [0.3, 0.4) is 0 Å². The fourth-order valence-corrected chi connectivity index (χ4v) is 4.69. The topological polar surface area (TPSA) is 113 Å². The van der Waals surface area contributed by atoms with Gasteiger partial charge in [-0.2, -0.15) is 4.31 Å². The molecule has 0 radical (unpaired) electrons. The number of nitrogens with one attached hydrogen (secondary N) is 1. The molecule has 0 unspecified atom stereocenters. The average molecular weight is 398 g/mol. The van der Waals surface area contributed by atoms with E-state index in [0.717, 1.165) is 6.42 Å². The minimum Gasteiger partial charge on any atom is -0.478 e. The molecule has 0 aromatic heterocycles. The fourth-order valence-electron chi connectivity index (χ4n) is 3.04. The lowest BCUT2D eigenvalue weighted by atomic mass is 9.97. The molecule has 1 aromatic rings. The summed E-state index contributed by atoms with van der Waals surface area (Å²) in [6.07, 6.45) is 1.55. The third kappa shape index (κ3) is 5.50. The number of carbonyl (C=O) groups excluding carboxylic acids is 1. The summed E-state index contributed by atoms with van der Waals surface area (Å²) in [6.45, 7) is 4.06. The maximum absolute atomic E-state index is 12.8. The highest BCUT2D eigenvalue weighted by Gasteiger charge is 2.33. The van der Waals surface area contributed by atoms with Gasteiger partial charge in [0.05, 0.1) is 10.5 Å². The van der Waals surface area contributed by atoms with Crippen molar-refractivity contribution in [2.45, 2.75) is 31.1 Å². The van der Waals surface area contributed by atoms with Crippen LogP contribution in [0.4, 0.5) is 0 Å². The van der Waals surface area contributed by atoms with E-state index in [1.165, 1.54) is 28.6 Å². The number of aromatic carboxylic acids is 1. The zero-order chi connectivity index (χ0) is 19.9. The lowest BCUT2D eigenvalue weighted by Crippen LogP contribution is -2.43. The molecular formula is C18H26N2O6S. The molecule has 1 fully saturated rings. The number of hydrogen-bond acceptors (Lipinski definition) is 5. The van der Waals surface area contributed by atoms with Gasteiger partial charge in [-0.3, -0.25) is 4.79 Å². The summed E-state index contributed by atoms with van der Waals surface area (Å²) in [5.74, 6) is -1.59. The average Bonchev–Trinajstić information content (AvgIpc) is 2.67. The predicted molar refractivity (Wildman–Crippen MR) is 99.0 cm³/mol. The van der Waals surface area contributed by atoms with Gasteiger partial charge in [-0.1, -0.05) is 12.1 Å². The summed E-state index contributed by atoms with van der Waals surface area (Å²) in [4.78, 5) is 23.3. The van der Waals surface area contributed by atoms with Crippen molar-refractivity contribution in [1.82, 2.24) is 9.62 Å². The van der Waals surface area contributed by atoms with Gasteiger partial charge >= 0.3 is 5.97 Å². The summed E-state index contributed by atoms with van der Waals surface area (Å²) in [7, 11) is -3.91. The van der Waals surface area contributed by atoms with Crippen molar-refractivity contribution < 1.29 is 27.9 Å². The Morgan fingerprint density at radius 2 is 1.93 bits per heavy atom. The highest BCUT2D eigenvalue weighted by atomic mass is 32.2. The van der Waals surface area contributed by atoms with Crippen LogP contribution in [0.25, 0.3) is 0 Å².